The highest BCUT2D eigenvalue weighted by Gasteiger charge is 2.28. The number of aromatic amines is 1. The van der Waals surface area contributed by atoms with Gasteiger partial charge in [-0.3, -0.25) is 14.4 Å². The van der Waals surface area contributed by atoms with Crippen LogP contribution in [0.2, 0.25) is 10.0 Å². The zero-order valence-electron chi connectivity index (χ0n) is 17.2. The van der Waals surface area contributed by atoms with E-state index in [1.165, 1.54) is 18.2 Å². The van der Waals surface area contributed by atoms with Crippen molar-refractivity contribution in [1.82, 2.24) is 10.3 Å². The largest absolute Gasteiger partial charge is 0.448 e. The van der Waals surface area contributed by atoms with Crippen LogP contribution >= 0.6 is 23.2 Å². The molecule has 8 heteroatoms. The molecule has 0 saturated heterocycles. The van der Waals surface area contributed by atoms with Crippen molar-refractivity contribution in [3.05, 3.63) is 106 Å². The number of fused-ring (bicyclic) bond motifs is 1. The molecule has 4 aromatic rings. The van der Waals surface area contributed by atoms with E-state index in [0.717, 1.165) is 10.9 Å². The fourth-order valence-electron chi connectivity index (χ4n) is 3.41. The lowest BCUT2D eigenvalue weighted by atomic mass is 9.99. The highest BCUT2D eigenvalue weighted by Crippen LogP contribution is 2.27. The smallest absolute Gasteiger partial charge is 0.326 e. The number of amides is 1. The predicted octanol–water partition coefficient (Wildman–Crippen LogP) is 5.37. The van der Waals surface area contributed by atoms with Gasteiger partial charge < -0.3 is 15.0 Å². The highest BCUT2D eigenvalue weighted by molar-refractivity contribution is 6.36. The van der Waals surface area contributed by atoms with Gasteiger partial charge in [-0.15, -0.1) is 0 Å². The van der Waals surface area contributed by atoms with Crippen LogP contribution in [0.25, 0.3) is 10.9 Å². The number of hydrogen-bond donors (Lipinski definition) is 2. The van der Waals surface area contributed by atoms with Crippen LogP contribution in [-0.2, 0) is 9.53 Å². The van der Waals surface area contributed by atoms with E-state index in [4.69, 9.17) is 27.9 Å². The summed E-state index contributed by atoms with van der Waals surface area (Å²) in [6, 6.07) is 20.5. The van der Waals surface area contributed by atoms with Crippen LogP contribution in [0.4, 0.5) is 0 Å². The van der Waals surface area contributed by atoms with Crippen molar-refractivity contribution in [2.75, 3.05) is 6.54 Å². The Morgan fingerprint density at radius 2 is 1.64 bits per heavy atom. The summed E-state index contributed by atoms with van der Waals surface area (Å²) in [7, 11) is 0. The molecule has 0 spiro atoms. The van der Waals surface area contributed by atoms with Gasteiger partial charge in [0.25, 0.3) is 5.91 Å². The molecule has 1 amide bonds. The van der Waals surface area contributed by atoms with E-state index in [1.54, 1.807) is 36.5 Å². The van der Waals surface area contributed by atoms with Crippen molar-refractivity contribution in [2.45, 2.75) is 6.10 Å². The van der Waals surface area contributed by atoms with E-state index in [0.29, 0.717) is 16.1 Å². The second-order valence-corrected chi connectivity index (χ2v) is 8.04. The highest BCUT2D eigenvalue weighted by atomic mass is 35.5. The molecule has 3 aromatic carbocycles. The van der Waals surface area contributed by atoms with Gasteiger partial charge in [0.05, 0.1) is 10.6 Å². The molecular formula is C25H18Cl2N2O4. The Morgan fingerprint density at radius 1 is 0.909 bits per heavy atom. The minimum absolute atomic E-state index is 0.157. The summed E-state index contributed by atoms with van der Waals surface area (Å²) in [4.78, 5) is 41.4. The number of carbonyl (C=O) groups excluding carboxylic acids is 3. The Morgan fingerprint density at radius 3 is 2.39 bits per heavy atom. The second-order valence-electron chi connectivity index (χ2n) is 7.20. The van der Waals surface area contributed by atoms with Crippen molar-refractivity contribution in [3.63, 3.8) is 0 Å². The third-order valence-electron chi connectivity index (χ3n) is 5.01. The third kappa shape index (κ3) is 5.08. The standard InChI is InChI=1S/C25H18Cl2N2O4/c26-16-10-11-18(20(27)12-16)25(32)29-14-22(30)33-24(15-6-2-1-3-7-15)23(31)19-13-28-21-9-5-4-8-17(19)21/h1-13,24,28H,14H2,(H,29,32). The van der Waals surface area contributed by atoms with Gasteiger partial charge in [0.1, 0.15) is 6.54 Å². The summed E-state index contributed by atoms with van der Waals surface area (Å²) >= 11 is 11.9. The second kappa shape index (κ2) is 9.90. The van der Waals surface area contributed by atoms with E-state index in [1.807, 2.05) is 24.3 Å². The summed E-state index contributed by atoms with van der Waals surface area (Å²) in [5.41, 5.74) is 1.90. The molecule has 0 aliphatic heterocycles. The molecule has 0 fully saturated rings. The molecule has 1 aromatic heterocycles. The normalized spacial score (nSPS) is 11.7. The maximum atomic E-state index is 13.4. The van der Waals surface area contributed by atoms with Crippen molar-refractivity contribution in [1.29, 1.82) is 0 Å². The summed E-state index contributed by atoms with van der Waals surface area (Å²) in [6.45, 7) is -0.442. The number of halogens is 2. The molecule has 4 rings (SSSR count). The maximum Gasteiger partial charge on any atom is 0.326 e. The van der Waals surface area contributed by atoms with Gasteiger partial charge in [0.2, 0.25) is 5.78 Å². The first-order valence-electron chi connectivity index (χ1n) is 10.0. The molecule has 1 heterocycles. The van der Waals surface area contributed by atoms with E-state index in [2.05, 4.69) is 10.3 Å². The Hall–Kier alpha value is -3.61. The van der Waals surface area contributed by atoms with Crippen LogP contribution in [-0.4, -0.2) is 29.2 Å². The zero-order valence-corrected chi connectivity index (χ0v) is 18.7. The molecular weight excluding hydrogens is 463 g/mol. The molecule has 2 N–H and O–H groups in total. The Kier molecular flexibility index (Phi) is 6.77. The van der Waals surface area contributed by atoms with Gasteiger partial charge in [-0.1, -0.05) is 71.7 Å². The van der Waals surface area contributed by atoms with Crippen LogP contribution in [0.15, 0.2) is 79.0 Å². The SMILES string of the molecule is O=C(CNC(=O)c1ccc(Cl)cc1Cl)OC(C(=O)c1c[nH]c2ccccc12)c1ccccc1. The van der Waals surface area contributed by atoms with Gasteiger partial charge in [-0.2, -0.15) is 0 Å². The number of para-hydroxylation sites is 1. The fraction of sp³-hybridized carbons (Fsp3) is 0.0800. The maximum absolute atomic E-state index is 13.4. The molecule has 0 aliphatic carbocycles. The average Bonchev–Trinajstić information content (AvgIpc) is 3.25. The Labute approximate surface area is 199 Å². The van der Waals surface area contributed by atoms with Crippen molar-refractivity contribution in [2.24, 2.45) is 0 Å². The molecule has 1 unspecified atom stereocenters. The topological polar surface area (TPSA) is 88.3 Å². The van der Waals surface area contributed by atoms with Gasteiger partial charge in [-0.25, -0.2) is 0 Å². The number of rotatable bonds is 7. The quantitative estimate of drug-likeness (QED) is 0.274. The molecule has 33 heavy (non-hydrogen) atoms. The number of benzene rings is 3. The number of esters is 1. The summed E-state index contributed by atoms with van der Waals surface area (Å²) in [6.07, 6.45) is 0.426. The number of carbonyl (C=O) groups is 3. The fourth-order valence-corrected chi connectivity index (χ4v) is 3.91. The summed E-state index contributed by atoms with van der Waals surface area (Å²) in [5.74, 6) is -1.71. The Balaban J connectivity index is 1.52. The Bertz CT molecular complexity index is 1330. The van der Waals surface area contributed by atoms with E-state index < -0.39 is 24.5 Å². The van der Waals surface area contributed by atoms with Crippen molar-refractivity contribution >= 4 is 51.8 Å². The van der Waals surface area contributed by atoms with Gasteiger partial charge >= 0.3 is 5.97 Å². The van der Waals surface area contributed by atoms with E-state index >= 15 is 0 Å². The molecule has 0 bridgehead atoms. The first kappa shape index (κ1) is 22.6. The van der Waals surface area contributed by atoms with Crippen LogP contribution < -0.4 is 5.32 Å². The van der Waals surface area contributed by atoms with Gasteiger partial charge in [0, 0.05) is 33.2 Å². The minimum atomic E-state index is -1.17. The average molecular weight is 481 g/mol. The van der Waals surface area contributed by atoms with Crippen molar-refractivity contribution in [3.8, 4) is 0 Å². The lowest BCUT2D eigenvalue weighted by Crippen LogP contribution is -2.32. The van der Waals surface area contributed by atoms with Crippen LogP contribution in [0, 0.1) is 0 Å². The van der Waals surface area contributed by atoms with Crippen LogP contribution in [0.3, 0.4) is 0 Å². The number of H-pyrrole nitrogens is 1. The first-order chi connectivity index (χ1) is 15.9. The molecule has 1 atom stereocenters. The van der Waals surface area contributed by atoms with Crippen LogP contribution in [0.1, 0.15) is 32.4 Å². The van der Waals surface area contributed by atoms with E-state index in [9.17, 15) is 14.4 Å². The zero-order chi connectivity index (χ0) is 23.4. The van der Waals surface area contributed by atoms with Crippen LogP contribution in [0.5, 0.6) is 0 Å². The van der Waals surface area contributed by atoms with Crippen molar-refractivity contribution < 1.29 is 19.1 Å². The van der Waals surface area contributed by atoms with E-state index in [-0.39, 0.29) is 16.4 Å². The predicted molar refractivity (Wildman–Crippen MR) is 127 cm³/mol. The minimum Gasteiger partial charge on any atom is -0.448 e. The monoisotopic (exact) mass is 480 g/mol. The number of ketones is 1. The molecule has 0 aliphatic rings. The molecule has 0 saturated carbocycles. The van der Waals surface area contributed by atoms with Gasteiger partial charge in [0.15, 0.2) is 6.10 Å². The molecule has 6 nitrogen and oxygen atoms in total. The first-order valence-corrected chi connectivity index (χ1v) is 10.8. The number of ether oxygens (including phenoxy) is 1. The number of hydrogen-bond acceptors (Lipinski definition) is 4. The molecule has 166 valence electrons. The third-order valence-corrected chi connectivity index (χ3v) is 5.56. The number of nitrogens with one attached hydrogen (secondary N) is 2. The molecule has 0 radical (unpaired) electrons. The van der Waals surface area contributed by atoms with Gasteiger partial charge in [-0.05, 0) is 24.3 Å². The lowest BCUT2D eigenvalue weighted by molar-refractivity contribution is -0.146. The number of aromatic nitrogens is 1. The summed E-state index contributed by atoms with van der Waals surface area (Å²) in [5, 5.41) is 3.73. The summed E-state index contributed by atoms with van der Waals surface area (Å²) < 4.78 is 5.54. The number of Topliss-reactive ketones (excluding diaryl/α,β-unsaturated/α-hetero) is 1. The lowest BCUT2D eigenvalue weighted by Gasteiger charge is -2.17.